The Morgan fingerprint density at radius 1 is 0.764 bits per heavy atom. The molecule has 1 amide bonds. The molecule has 1 aliphatic carbocycles. The SMILES string of the molecule is C#CCOCCOCCOCCOCCOCCOCCOCCOCCN1CCN(CCCN[C@H]2CCC(c3nc4cc([C@@H]5CCCCN5C(=O)c5cc(Cl)ccc5NS(C)(=O)=O)nn4cc3C)C2)CC1. The van der Waals surface area contributed by atoms with E-state index in [0.717, 1.165) is 120 Å². The molecule has 19 nitrogen and oxygen atoms in total. The maximum absolute atomic E-state index is 14.1. The molecule has 1 aromatic carbocycles. The Hall–Kier alpha value is -3.53. The summed E-state index contributed by atoms with van der Waals surface area (Å²) in [7, 11) is -3.61. The van der Waals surface area contributed by atoms with Crippen molar-refractivity contribution in [3.8, 4) is 12.3 Å². The van der Waals surface area contributed by atoms with Gasteiger partial charge in [0.05, 0.1) is 134 Å². The van der Waals surface area contributed by atoms with Gasteiger partial charge in [0.15, 0.2) is 5.65 Å². The number of anilines is 1. The van der Waals surface area contributed by atoms with E-state index in [1.54, 1.807) is 11.0 Å². The molecule has 2 N–H and O–H groups in total. The van der Waals surface area contributed by atoms with Crippen molar-refractivity contribution >= 4 is 38.9 Å². The van der Waals surface area contributed by atoms with Crippen molar-refractivity contribution in [2.24, 2.45) is 0 Å². The molecule has 21 heteroatoms. The van der Waals surface area contributed by atoms with E-state index in [-0.39, 0.29) is 23.2 Å². The fraction of sp³-hybridized carbons (Fsp3) is 0.706. The van der Waals surface area contributed by atoms with Gasteiger partial charge in [0, 0.05) is 68.5 Å². The van der Waals surface area contributed by atoms with Gasteiger partial charge in [0.2, 0.25) is 10.0 Å². The van der Waals surface area contributed by atoms with E-state index < -0.39 is 10.0 Å². The Kier molecular flexibility index (Phi) is 25.7. The number of nitrogens with zero attached hydrogens (tertiary/aromatic N) is 6. The summed E-state index contributed by atoms with van der Waals surface area (Å²) in [6.07, 6.45) is 15.2. The molecule has 3 fully saturated rings. The van der Waals surface area contributed by atoms with Crippen molar-refractivity contribution in [1.82, 2.24) is 34.6 Å². The van der Waals surface area contributed by atoms with Crippen molar-refractivity contribution in [3.63, 3.8) is 0 Å². The molecule has 3 aliphatic rings. The summed E-state index contributed by atoms with van der Waals surface area (Å²) in [5, 5.41) is 9.13. The number of aryl methyl sites for hydroxylation is 1. The van der Waals surface area contributed by atoms with Crippen LogP contribution in [0.2, 0.25) is 5.02 Å². The second-order valence-electron chi connectivity index (χ2n) is 18.5. The molecule has 402 valence electrons. The number of aromatic nitrogens is 3. The molecular formula is C51H79ClN8O11S. The number of terminal acetylenes is 1. The summed E-state index contributed by atoms with van der Waals surface area (Å²) in [5.74, 6) is 2.49. The van der Waals surface area contributed by atoms with Crippen LogP contribution in [0.5, 0.6) is 0 Å². The number of fused-ring (bicyclic) bond motifs is 1. The predicted molar refractivity (Wildman–Crippen MR) is 277 cm³/mol. The first kappa shape index (κ1) is 57.7. The number of carbonyl (C=O) groups is 1. The Morgan fingerprint density at radius 3 is 1.94 bits per heavy atom. The summed E-state index contributed by atoms with van der Waals surface area (Å²) in [6.45, 7) is 18.2. The lowest BCUT2D eigenvalue weighted by atomic mass is 9.97. The van der Waals surface area contributed by atoms with E-state index in [2.05, 4.69) is 38.9 Å². The van der Waals surface area contributed by atoms with Crippen LogP contribution in [0.15, 0.2) is 30.5 Å². The monoisotopic (exact) mass is 1050 g/mol. The second-order valence-corrected chi connectivity index (χ2v) is 20.7. The third-order valence-electron chi connectivity index (χ3n) is 13.0. The lowest BCUT2D eigenvalue weighted by Gasteiger charge is -2.35. The summed E-state index contributed by atoms with van der Waals surface area (Å²) < 4.78 is 72.6. The standard InChI is InChI=1S/C51H79ClN8O11S/c1-4-21-64-23-25-66-27-29-68-31-33-70-35-36-71-34-32-69-30-28-67-26-24-65-22-20-58-18-16-57(17-19-58)14-7-13-53-44-11-9-42(37-44)50-41(2)40-60-49(54-50)39-47(55-60)48-8-5-6-15-59(48)51(61)45-38-43(52)10-12-46(45)56-72(3,62)63/h1,10,12,38-40,42,44,48,53,56H,5-9,11,13-37H2,2-3H3/t42?,44-,48-/m0/s1. The summed E-state index contributed by atoms with van der Waals surface area (Å²) in [5.41, 5.74) is 4.21. The van der Waals surface area contributed by atoms with Crippen LogP contribution in [0.1, 0.15) is 84.2 Å². The normalized spacial score (nSPS) is 19.1. The Bertz CT molecular complexity index is 2210. The van der Waals surface area contributed by atoms with Crippen LogP contribution < -0.4 is 10.0 Å². The molecule has 2 aromatic heterocycles. The van der Waals surface area contributed by atoms with Gasteiger partial charge in [-0.15, -0.1) is 6.42 Å². The molecule has 0 radical (unpaired) electrons. The zero-order chi connectivity index (χ0) is 50.8. The van der Waals surface area contributed by atoms with Crippen molar-refractivity contribution in [2.45, 2.75) is 69.9 Å². The Balaban J connectivity index is 0.758. The summed E-state index contributed by atoms with van der Waals surface area (Å²) >= 11 is 6.30. The zero-order valence-electron chi connectivity index (χ0n) is 42.6. The molecule has 72 heavy (non-hydrogen) atoms. The van der Waals surface area contributed by atoms with Crippen LogP contribution in [-0.2, 0) is 47.9 Å². The largest absolute Gasteiger partial charge is 0.378 e. The van der Waals surface area contributed by atoms with Crippen molar-refractivity contribution in [3.05, 3.63) is 58.0 Å². The maximum Gasteiger partial charge on any atom is 0.256 e. The van der Waals surface area contributed by atoms with Crippen LogP contribution in [0.3, 0.4) is 0 Å². The maximum atomic E-state index is 14.1. The number of ether oxygens (including phenoxy) is 8. The number of piperazine rings is 1. The van der Waals surface area contributed by atoms with Gasteiger partial charge >= 0.3 is 0 Å². The molecule has 2 aliphatic heterocycles. The third kappa shape index (κ3) is 20.3. The Morgan fingerprint density at radius 2 is 1.35 bits per heavy atom. The lowest BCUT2D eigenvalue weighted by molar-refractivity contribution is -0.0231. The highest BCUT2D eigenvalue weighted by Gasteiger charge is 2.33. The minimum atomic E-state index is -3.61. The molecule has 6 rings (SSSR count). The zero-order valence-corrected chi connectivity index (χ0v) is 44.1. The number of hydrogen-bond donors (Lipinski definition) is 2. The minimum absolute atomic E-state index is 0.208. The average molecular weight is 1050 g/mol. The van der Waals surface area contributed by atoms with Crippen LogP contribution in [-0.4, -0.2) is 214 Å². The molecule has 0 bridgehead atoms. The lowest BCUT2D eigenvalue weighted by Crippen LogP contribution is -2.47. The van der Waals surface area contributed by atoms with Crippen LogP contribution in [0, 0.1) is 19.3 Å². The summed E-state index contributed by atoms with van der Waals surface area (Å²) in [6, 6.07) is 6.82. The topological polar surface area (TPSA) is 189 Å². The number of sulfonamides is 1. The number of hydrogen-bond acceptors (Lipinski definition) is 16. The molecule has 0 spiro atoms. The number of nitrogens with one attached hydrogen (secondary N) is 2. The highest BCUT2D eigenvalue weighted by Crippen LogP contribution is 2.37. The van der Waals surface area contributed by atoms with Gasteiger partial charge in [-0.05, 0) is 88.7 Å². The third-order valence-corrected chi connectivity index (χ3v) is 13.8. The molecule has 3 aromatic rings. The van der Waals surface area contributed by atoms with Crippen molar-refractivity contribution in [2.75, 3.05) is 169 Å². The number of rotatable bonds is 35. The minimum Gasteiger partial charge on any atom is -0.378 e. The van der Waals surface area contributed by atoms with Gasteiger partial charge in [0.1, 0.15) is 6.61 Å². The molecule has 4 heterocycles. The van der Waals surface area contributed by atoms with E-state index in [0.29, 0.717) is 129 Å². The van der Waals surface area contributed by atoms with Crippen LogP contribution >= 0.6 is 11.6 Å². The van der Waals surface area contributed by atoms with Gasteiger partial charge in [-0.2, -0.15) is 5.10 Å². The highest BCUT2D eigenvalue weighted by atomic mass is 35.5. The van der Waals surface area contributed by atoms with Crippen molar-refractivity contribution < 1.29 is 51.1 Å². The van der Waals surface area contributed by atoms with Gasteiger partial charge in [-0.25, -0.2) is 17.9 Å². The fourth-order valence-corrected chi connectivity index (χ4v) is 10.1. The molecule has 1 unspecified atom stereocenters. The molecule has 3 atom stereocenters. The first-order valence-electron chi connectivity index (χ1n) is 25.8. The second kappa shape index (κ2) is 32.0. The van der Waals surface area contributed by atoms with E-state index in [1.807, 2.05) is 10.6 Å². The number of piperidine rings is 1. The molecule has 2 saturated heterocycles. The number of benzene rings is 1. The number of carbonyl (C=O) groups excluding carboxylic acids is 1. The summed E-state index contributed by atoms with van der Waals surface area (Å²) in [4.78, 5) is 26.1. The number of halogens is 1. The van der Waals surface area contributed by atoms with E-state index in [4.69, 9.17) is 66.0 Å². The average Bonchev–Trinajstić information content (AvgIpc) is 4.02. The quantitative estimate of drug-likeness (QED) is 0.0622. The molecule has 1 saturated carbocycles. The van der Waals surface area contributed by atoms with Crippen LogP contribution in [0.4, 0.5) is 5.69 Å². The first-order valence-corrected chi connectivity index (χ1v) is 28.0. The van der Waals surface area contributed by atoms with Crippen molar-refractivity contribution in [1.29, 1.82) is 0 Å². The van der Waals surface area contributed by atoms with Gasteiger partial charge in [0.25, 0.3) is 5.91 Å². The predicted octanol–water partition coefficient (Wildman–Crippen LogP) is 4.43. The number of amides is 1. The van der Waals surface area contributed by atoms with Gasteiger partial charge in [-0.3, -0.25) is 14.4 Å². The van der Waals surface area contributed by atoms with Crippen LogP contribution in [0.25, 0.3) is 5.65 Å². The highest BCUT2D eigenvalue weighted by molar-refractivity contribution is 7.92. The van der Waals surface area contributed by atoms with E-state index in [9.17, 15) is 13.2 Å². The van der Waals surface area contributed by atoms with E-state index >= 15 is 0 Å². The fourth-order valence-electron chi connectivity index (χ4n) is 9.36. The first-order chi connectivity index (χ1) is 35.1. The number of likely N-dealkylation sites (tertiary alicyclic amines) is 1. The Labute approximate surface area is 432 Å². The van der Waals surface area contributed by atoms with E-state index in [1.165, 1.54) is 12.1 Å². The van der Waals surface area contributed by atoms with Gasteiger partial charge < -0.3 is 53.0 Å². The molecular weight excluding hydrogens is 968 g/mol. The van der Waals surface area contributed by atoms with Gasteiger partial charge in [-0.1, -0.05) is 17.5 Å². The smallest absolute Gasteiger partial charge is 0.256 e.